The Kier molecular flexibility index (Phi) is 6.99. The molecule has 170 valence electrons. The quantitative estimate of drug-likeness (QED) is 0.553. The number of aryl methyl sites for hydroxylation is 1. The fourth-order valence-electron chi connectivity index (χ4n) is 4.09. The Balaban J connectivity index is 1.24. The normalized spacial score (nSPS) is 18.0. The van der Waals surface area contributed by atoms with Gasteiger partial charge < -0.3 is 23.7 Å². The Labute approximate surface area is 182 Å². The molecule has 4 heterocycles. The van der Waals surface area contributed by atoms with Crippen LogP contribution in [0.25, 0.3) is 0 Å². The van der Waals surface area contributed by atoms with Gasteiger partial charge in [0.25, 0.3) is 0 Å². The number of rotatable bonds is 9. The van der Waals surface area contributed by atoms with Gasteiger partial charge in [-0.2, -0.15) is 0 Å². The van der Waals surface area contributed by atoms with Crippen molar-refractivity contribution in [3.8, 4) is 0 Å². The molecule has 0 N–H and O–H groups in total. The summed E-state index contributed by atoms with van der Waals surface area (Å²) in [7, 11) is 0. The van der Waals surface area contributed by atoms with Crippen LogP contribution in [0.4, 0.5) is 0 Å². The number of amides is 1. The topological polar surface area (TPSA) is 96.5 Å². The number of ether oxygens (including phenoxy) is 3. The van der Waals surface area contributed by atoms with Gasteiger partial charge in [0.05, 0.1) is 56.7 Å². The second kappa shape index (κ2) is 9.88. The van der Waals surface area contributed by atoms with Crippen LogP contribution in [0.1, 0.15) is 44.5 Å². The van der Waals surface area contributed by atoms with E-state index in [0.29, 0.717) is 59.0 Å². The molecule has 1 amide bonds. The van der Waals surface area contributed by atoms with E-state index in [0.717, 1.165) is 24.2 Å². The Morgan fingerprint density at radius 2 is 2.13 bits per heavy atom. The van der Waals surface area contributed by atoms with Crippen molar-refractivity contribution in [3.05, 3.63) is 30.1 Å². The third kappa shape index (κ3) is 5.50. The van der Waals surface area contributed by atoms with E-state index in [1.165, 1.54) is 0 Å². The molecule has 1 saturated heterocycles. The molecule has 0 aromatic carbocycles. The van der Waals surface area contributed by atoms with Crippen LogP contribution in [0.3, 0.4) is 0 Å². The van der Waals surface area contributed by atoms with Gasteiger partial charge in [-0.3, -0.25) is 4.79 Å². The molecule has 2 aromatic heterocycles. The Morgan fingerprint density at radius 1 is 1.29 bits per heavy atom. The number of hydrogen-bond donors (Lipinski definition) is 0. The molecule has 0 saturated carbocycles. The van der Waals surface area contributed by atoms with Gasteiger partial charge in [0.1, 0.15) is 5.69 Å². The zero-order valence-electron chi connectivity index (χ0n) is 18.4. The summed E-state index contributed by atoms with van der Waals surface area (Å²) in [6.45, 7) is 8.73. The smallest absolute Gasteiger partial charge is 0.224 e. The van der Waals surface area contributed by atoms with Crippen LogP contribution in [0.15, 0.2) is 18.7 Å². The molecule has 0 bridgehead atoms. The molecule has 0 unspecified atom stereocenters. The molecule has 0 radical (unpaired) electrons. The van der Waals surface area contributed by atoms with E-state index in [-0.39, 0.29) is 17.6 Å². The third-order valence-electron chi connectivity index (χ3n) is 5.96. The third-order valence-corrected chi connectivity index (χ3v) is 5.96. The van der Waals surface area contributed by atoms with Gasteiger partial charge >= 0.3 is 0 Å². The zero-order chi connectivity index (χ0) is 21.7. The van der Waals surface area contributed by atoms with Crippen LogP contribution in [-0.2, 0) is 45.3 Å². The zero-order valence-corrected chi connectivity index (χ0v) is 18.4. The predicted octanol–water partition coefficient (Wildman–Crippen LogP) is 1.40. The van der Waals surface area contributed by atoms with Gasteiger partial charge in [0, 0.05) is 38.4 Å². The van der Waals surface area contributed by atoms with Crippen molar-refractivity contribution in [2.45, 2.75) is 71.1 Å². The largest absolute Gasteiger partial charge is 0.376 e. The lowest BCUT2D eigenvalue weighted by molar-refractivity contribution is -0.146. The lowest BCUT2D eigenvalue weighted by Gasteiger charge is -2.43. The number of piperidine rings is 1. The number of carbonyl (C=O) groups is 1. The molecular formula is C21H32N6O4. The molecule has 2 aromatic rings. The van der Waals surface area contributed by atoms with Crippen molar-refractivity contribution in [3.63, 3.8) is 0 Å². The molecule has 2 aliphatic rings. The SMILES string of the molecule is CC(C)OCCOCc1nnn2c1COC1(CCN(C(=O)CCn3ccnc3)CC1)C2. The summed E-state index contributed by atoms with van der Waals surface area (Å²) in [4.78, 5) is 18.5. The number of fused-ring (bicyclic) bond motifs is 1. The Bertz CT molecular complexity index is 842. The summed E-state index contributed by atoms with van der Waals surface area (Å²) >= 11 is 0. The molecular weight excluding hydrogens is 400 g/mol. The Morgan fingerprint density at radius 3 is 2.87 bits per heavy atom. The van der Waals surface area contributed by atoms with Gasteiger partial charge in [-0.15, -0.1) is 5.10 Å². The van der Waals surface area contributed by atoms with E-state index in [1.807, 2.05) is 34.2 Å². The summed E-state index contributed by atoms with van der Waals surface area (Å²) in [5.74, 6) is 0.182. The molecule has 4 rings (SSSR count). The van der Waals surface area contributed by atoms with Gasteiger partial charge in [-0.25, -0.2) is 9.67 Å². The van der Waals surface area contributed by atoms with E-state index in [1.54, 1.807) is 12.5 Å². The summed E-state index contributed by atoms with van der Waals surface area (Å²) in [5, 5.41) is 8.63. The van der Waals surface area contributed by atoms with Crippen LogP contribution < -0.4 is 0 Å². The first-order chi connectivity index (χ1) is 15.0. The first-order valence-electron chi connectivity index (χ1n) is 11.0. The molecule has 0 atom stereocenters. The molecule has 10 nitrogen and oxygen atoms in total. The minimum atomic E-state index is -0.273. The highest BCUT2D eigenvalue weighted by Gasteiger charge is 2.41. The second-order valence-electron chi connectivity index (χ2n) is 8.52. The summed E-state index contributed by atoms with van der Waals surface area (Å²) < 4.78 is 21.3. The van der Waals surface area contributed by atoms with Crippen LogP contribution in [0, 0.1) is 0 Å². The van der Waals surface area contributed by atoms with Gasteiger partial charge in [0.15, 0.2) is 0 Å². The van der Waals surface area contributed by atoms with Crippen molar-refractivity contribution < 1.29 is 19.0 Å². The first kappa shape index (κ1) is 21.9. The maximum Gasteiger partial charge on any atom is 0.224 e. The average molecular weight is 433 g/mol. The molecule has 2 aliphatic heterocycles. The van der Waals surface area contributed by atoms with Crippen molar-refractivity contribution in [2.75, 3.05) is 26.3 Å². The molecule has 1 fully saturated rings. The summed E-state index contributed by atoms with van der Waals surface area (Å²) in [6.07, 6.45) is 7.65. The number of aromatic nitrogens is 5. The molecule has 31 heavy (non-hydrogen) atoms. The monoisotopic (exact) mass is 432 g/mol. The highest BCUT2D eigenvalue weighted by Crippen LogP contribution is 2.33. The van der Waals surface area contributed by atoms with E-state index in [9.17, 15) is 4.79 Å². The Hall–Kier alpha value is -2.30. The van der Waals surface area contributed by atoms with Crippen LogP contribution in [0.2, 0.25) is 0 Å². The van der Waals surface area contributed by atoms with E-state index in [4.69, 9.17) is 14.2 Å². The van der Waals surface area contributed by atoms with Crippen LogP contribution in [0.5, 0.6) is 0 Å². The van der Waals surface area contributed by atoms with E-state index >= 15 is 0 Å². The van der Waals surface area contributed by atoms with Crippen molar-refractivity contribution >= 4 is 5.91 Å². The highest BCUT2D eigenvalue weighted by molar-refractivity contribution is 5.76. The lowest BCUT2D eigenvalue weighted by atomic mass is 9.89. The first-order valence-corrected chi connectivity index (χ1v) is 11.0. The number of likely N-dealkylation sites (tertiary alicyclic amines) is 1. The molecule has 1 spiro atoms. The summed E-state index contributed by atoms with van der Waals surface area (Å²) in [5.41, 5.74) is 1.53. The van der Waals surface area contributed by atoms with Crippen LogP contribution in [-0.4, -0.2) is 73.4 Å². The van der Waals surface area contributed by atoms with Gasteiger partial charge in [-0.05, 0) is 26.7 Å². The minimum Gasteiger partial charge on any atom is -0.376 e. The van der Waals surface area contributed by atoms with Crippen molar-refractivity contribution in [1.82, 2.24) is 29.4 Å². The highest BCUT2D eigenvalue weighted by atomic mass is 16.5. The summed E-state index contributed by atoms with van der Waals surface area (Å²) in [6, 6.07) is 0. The molecule has 0 aliphatic carbocycles. The lowest BCUT2D eigenvalue weighted by Crippen LogP contribution is -2.52. The number of nitrogens with zero attached hydrogens (tertiary/aromatic N) is 6. The van der Waals surface area contributed by atoms with Gasteiger partial charge in [-0.1, -0.05) is 5.21 Å². The molecule has 10 heteroatoms. The maximum absolute atomic E-state index is 12.6. The van der Waals surface area contributed by atoms with Crippen LogP contribution >= 0.6 is 0 Å². The van der Waals surface area contributed by atoms with Crippen molar-refractivity contribution in [1.29, 1.82) is 0 Å². The van der Waals surface area contributed by atoms with E-state index in [2.05, 4.69) is 15.3 Å². The average Bonchev–Trinajstić information content (AvgIpc) is 3.42. The predicted molar refractivity (Wildman–Crippen MR) is 111 cm³/mol. The fraction of sp³-hybridized carbons (Fsp3) is 0.714. The minimum absolute atomic E-state index is 0.182. The van der Waals surface area contributed by atoms with Gasteiger partial charge in [0.2, 0.25) is 5.91 Å². The standard InChI is InChI=1S/C21H32N6O4/c1-17(2)30-12-11-29-13-18-19-14-31-21(15-27(19)24-23-18)4-8-26(9-5-21)20(28)3-7-25-10-6-22-16-25/h6,10,16-17H,3-5,7-9,11-15H2,1-2H3. The van der Waals surface area contributed by atoms with E-state index < -0.39 is 0 Å². The fourth-order valence-corrected chi connectivity index (χ4v) is 4.09. The number of hydrogen-bond acceptors (Lipinski definition) is 7. The van der Waals surface area contributed by atoms with Crippen molar-refractivity contribution in [2.24, 2.45) is 0 Å². The maximum atomic E-state index is 12.6. The number of carbonyl (C=O) groups excluding carboxylic acids is 1. The second-order valence-corrected chi connectivity index (χ2v) is 8.52. The number of imidazole rings is 1.